The van der Waals surface area contributed by atoms with Crippen molar-refractivity contribution in [2.45, 2.75) is 26.2 Å². The molecule has 100 valence electrons. The summed E-state index contributed by atoms with van der Waals surface area (Å²) in [5.74, 6) is -0.0708. The Morgan fingerprint density at radius 3 is 2.47 bits per heavy atom. The number of benzene rings is 1. The highest BCUT2D eigenvalue weighted by molar-refractivity contribution is 9.10. The lowest BCUT2D eigenvalue weighted by Crippen LogP contribution is -2.18. The van der Waals surface area contributed by atoms with Gasteiger partial charge in [-0.25, -0.2) is 0 Å². The molecule has 2 nitrogen and oxygen atoms in total. The van der Waals surface area contributed by atoms with Crippen molar-refractivity contribution in [1.82, 2.24) is 0 Å². The molecule has 1 aromatic heterocycles. The van der Waals surface area contributed by atoms with Crippen molar-refractivity contribution in [1.29, 1.82) is 0 Å². The van der Waals surface area contributed by atoms with Gasteiger partial charge in [0.2, 0.25) is 0 Å². The first-order valence-corrected chi connectivity index (χ1v) is 7.70. The van der Waals surface area contributed by atoms with Gasteiger partial charge < -0.3 is 5.32 Å². The zero-order valence-corrected chi connectivity index (χ0v) is 13.6. The van der Waals surface area contributed by atoms with E-state index in [1.165, 1.54) is 11.3 Å². The highest BCUT2D eigenvalue weighted by atomic mass is 79.9. The van der Waals surface area contributed by atoms with Crippen molar-refractivity contribution < 1.29 is 4.79 Å². The monoisotopic (exact) mass is 337 g/mol. The molecule has 0 unspecified atom stereocenters. The fraction of sp³-hybridized carbons (Fsp3) is 0.267. The molecule has 1 heterocycles. The summed E-state index contributed by atoms with van der Waals surface area (Å²) in [4.78, 5) is 12.9. The predicted molar refractivity (Wildman–Crippen MR) is 85.1 cm³/mol. The summed E-state index contributed by atoms with van der Waals surface area (Å²) in [6, 6.07) is 9.82. The van der Waals surface area contributed by atoms with Crippen LogP contribution in [0.3, 0.4) is 0 Å². The third kappa shape index (κ3) is 3.25. The molecule has 0 aliphatic heterocycles. The van der Waals surface area contributed by atoms with Crippen LogP contribution in [0, 0.1) is 0 Å². The van der Waals surface area contributed by atoms with Crippen molar-refractivity contribution in [2.24, 2.45) is 0 Å². The number of hydrogen-bond acceptors (Lipinski definition) is 2. The van der Waals surface area contributed by atoms with Gasteiger partial charge in [-0.05, 0) is 44.4 Å². The maximum Gasteiger partial charge on any atom is 0.266 e. The second kappa shape index (κ2) is 5.47. The van der Waals surface area contributed by atoms with Crippen molar-refractivity contribution in [3.63, 3.8) is 0 Å². The van der Waals surface area contributed by atoms with Crippen molar-refractivity contribution in [2.75, 3.05) is 5.32 Å². The van der Waals surface area contributed by atoms with Gasteiger partial charge in [-0.2, -0.15) is 0 Å². The number of thiophene rings is 1. The lowest BCUT2D eigenvalue weighted by molar-refractivity contribution is 0.103. The molecular weight excluding hydrogens is 322 g/mol. The van der Waals surface area contributed by atoms with E-state index < -0.39 is 0 Å². The van der Waals surface area contributed by atoms with Crippen LogP contribution in [-0.4, -0.2) is 5.91 Å². The lowest BCUT2D eigenvalue weighted by Gasteiger charge is -2.22. The predicted octanol–water partition coefficient (Wildman–Crippen LogP) is 5.06. The van der Waals surface area contributed by atoms with Crippen LogP contribution < -0.4 is 5.32 Å². The fourth-order valence-electron chi connectivity index (χ4n) is 1.88. The molecule has 0 aliphatic carbocycles. The van der Waals surface area contributed by atoms with Crippen LogP contribution in [-0.2, 0) is 5.41 Å². The summed E-state index contributed by atoms with van der Waals surface area (Å²) in [7, 11) is 0. The van der Waals surface area contributed by atoms with Gasteiger partial charge in [0.15, 0.2) is 0 Å². The number of anilines is 1. The topological polar surface area (TPSA) is 29.1 Å². The Balaban J connectivity index is 2.30. The zero-order valence-electron chi connectivity index (χ0n) is 11.2. The Morgan fingerprint density at radius 2 is 1.89 bits per heavy atom. The van der Waals surface area contributed by atoms with E-state index in [-0.39, 0.29) is 11.3 Å². The number of hydrogen-bond donors (Lipinski definition) is 1. The average Bonchev–Trinajstić information content (AvgIpc) is 2.75. The maximum atomic E-state index is 12.2. The van der Waals surface area contributed by atoms with Crippen LogP contribution in [0.25, 0.3) is 0 Å². The third-order valence-corrected chi connectivity index (χ3v) is 4.64. The molecule has 4 heteroatoms. The van der Waals surface area contributed by atoms with Gasteiger partial charge in [0, 0.05) is 10.2 Å². The molecule has 0 saturated heterocycles. The summed E-state index contributed by atoms with van der Waals surface area (Å²) < 4.78 is 0.836. The van der Waals surface area contributed by atoms with E-state index in [2.05, 4.69) is 48.1 Å². The number of carbonyl (C=O) groups is 1. The summed E-state index contributed by atoms with van der Waals surface area (Å²) in [5, 5.41) is 4.90. The smallest absolute Gasteiger partial charge is 0.266 e. The Morgan fingerprint density at radius 1 is 1.21 bits per heavy atom. The second-order valence-corrected chi connectivity index (χ2v) is 7.12. The molecule has 0 aliphatic rings. The molecule has 2 rings (SSSR count). The average molecular weight is 338 g/mol. The Bertz CT molecular complexity index is 598. The minimum atomic E-state index is -0.0708. The SMILES string of the molecule is CC(C)(C)c1ccccc1NC(=O)c1sccc1Br. The molecule has 0 fully saturated rings. The first-order valence-electron chi connectivity index (χ1n) is 6.03. The van der Waals surface area contributed by atoms with E-state index in [1.807, 2.05) is 29.6 Å². The maximum absolute atomic E-state index is 12.2. The number of halogens is 1. The highest BCUT2D eigenvalue weighted by Gasteiger charge is 2.19. The molecule has 0 saturated carbocycles. The van der Waals surface area contributed by atoms with E-state index >= 15 is 0 Å². The Labute approximate surface area is 126 Å². The van der Waals surface area contributed by atoms with Crippen LogP contribution in [0.4, 0.5) is 5.69 Å². The van der Waals surface area contributed by atoms with Crippen molar-refractivity contribution in [3.05, 3.63) is 50.6 Å². The van der Waals surface area contributed by atoms with Gasteiger partial charge in [0.25, 0.3) is 5.91 Å². The van der Waals surface area contributed by atoms with Gasteiger partial charge in [0.1, 0.15) is 4.88 Å². The van der Waals surface area contributed by atoms with Gasteiger partial charge in [-0.1, -0.05) is 39.0 Å². The molecule has 1 aromatic carbocycles. The normalized spacial score (nSPS) is 11.4. The number of para-hydroxylation sites is 1. The molecule has 0 radical (unpaired) electrons. The first-order chi connectivity index (χ1) is 8.89. The number of amides is 1. The van der Waals surface area contributed by atoms with E-state index in [1.54, 1.807) is 0 Å². The lowest BCUT2D eigenvalue weighted by atomic mass is 9.86. The van der Waals surface area contributed by atoms with Gasteiger partial charge in [-0.3, -0.25) is 4.79 Å². The second-order valence-electron chi connectivity index (χ2n) is 5.35. The van der Waals surface area contributed by atoms with Crippen molar-refractivity contribution >= 4 is 38.9 Å². The van der Waals surface area contributed by atoms with Crippen LogP contribution in [0.1, 0.15) is 36.0 Å². The Hall–Kier alpha value is -1.13. The van der Waals surface area contributed by atoms with E-state index in [9.17, 15) is 4.79 Å². The highest BCUT2D eigenvalue weighted by Crippen LogP contribution is 2.30. The van der Waals surface area contributed by atoms with Crippen LogP contribution in [0.2, 0.25) is 0 Å². The molecule has 0 spiro atoms. The van der Waals surface area contributed by atoms with Crippen LogP contribution in [0.5, 0.6) is 0 Å². The molecule has 0 atom stereocenters. The number of rotatable bonds is 2. The standard InChI is InChI=1S/C15H16BrNOS/c1-15(2,3)10-6-4-5-7-12(10)17-14(18)13-11(16)8-9-19-13/h4-9H,1-3H3,(H,17,18). The summed E-state index contributed by atoms with van der Waals surface area (Å²) in [6.07, 6.45) is 0. The van der Waals surface area contributed by atoms with Crippen molar-refractivity contribution in [3.8, 4) is 0 Å². The van der Waals surface area contributed by atoms with E-state index in [0.717, 1.165) is 15.7 Å². The first kappa shape index (κ1) is 14.3. The largest absolute Gasteiger partial charge is 0.321 e. The number of carbonyl (C=O) groups excluding carboxylic acids is 1. The molecule has 1 amide bonds. The molecular formula is C15H16BrNOS. The molecule has 2 aromatic rings. The van der Waals surface area contributed by atoms with Crippen LogP contribution in [0.15, 0.2) is 40.2 Å². The molecule has 19 heavy (non-hydrogen) atoms. The quantitative estimate of drug-likeness (QED) is 0.815. The van der Waals surface area contributed by atoms with Crippen LogP contribution >= 0.6 is 27.3 Å². The van der Waals surface area contributed by atoms with Gasteiger partial charge >= 0.3 is 0 Å². The number of nitrogens with one attached hydrogen (secondary N) is 1. The summed E-state index contributed by atoms with van der Waals surface area (Å²) in [6.45, 7) is 6.41. The Kier molecular flexibility index (Phi) is 4.11. The molecule has 0 bridgehead atoms. The van der Waals surface area contributed by atoms with E-state index in [0.29, 0.717) is 4.88 Å². The minimum Gasteiger partial charge on any atom is -0.321 e. The third-order valence-electron chi connectivity index (χ3n) is 2.81. The summed E-state index contributed by atoms with van der Waals surface area (Å²) in [5.41, 5.74) is 2.01. The van der Waals surface area contributed by atoms with Gasteiger partial charge in [-0.15, -0.1) is 11.3 Å². The fourth-order valence-corrected chi connectivity index (χ4v) is 3.33. The zero-order chi connectivity index (χ0) is 14.0. The minimum absolute atomic E-state index is 0.00342. The summed E-state index contributed by atoms with van der Waals surface area (Å²) >= 11 is 4.82. The molecule has 1 N–H and O–H groups in total. The van der Waals surface area contributed by atoms with E-state index in [4.69, 9.17) is 0 Å². The van der Waals surface area contributed by atoms with Gasteiger partial charge in [0.05, 0.1) is 0 Å².